The van der Waals surface area contributed by atoms with Crippen LogP contribution < -0.4 is 20.1 Å². The molecule has 0 bridgehead atoms. The fraction of sp³-hybridized carbons (Fsp3) is 0.375. The average Bonchev–Trinajstić information content (AvgIpc) is 2.97. The van der Waals surface area contributed by atoms with E-state index in [1.54, 1.807) is 25.6 Å². The monoisotopic (exact) mass is 335 g/mol. The molecule has 2 amide bonds. The van der Waals surface area contributed by atoms with Crippen molar-refractivity contribution in [2.24, 2.45) is 0 Å². The summed E-state index contributed by atoms with van der Waals surface area (Å²) in [5.74, 6) is 1.42. The van der Waals surface area contributed by atoms with Gasteiger partial charge in [-0.3, -0.25) is 0 Å². The van der Waals surface area contributed by atoms with Gasteiger partial charge in [0.2, 0.25) is 0 Å². The summed E-state index contributed by atoms with van der Waals surface area (Å²) in [6, 6.07) is 5.01. The number of carbonyl (C=O) groups excluding carboxylic acids is 1. The Labute approximate surface area is 139 Å². The van der Waals surface area contributed by atoms with Gasteiger partial charge in [0.1, 0.15) is 11.5 Å². The van der Waals surface area contributed by atoms with Crippen molar-refractivity contribution in [3.63, 3.8) is 0 Å². The Morgan fingerprint density at radius 1 is 1.35 bits per heavy atom. The van der Waals surface area contributed by atoms with Crippen LogP contribution >= 0.6 is 11.3 Å². The predicted octanol–water partition coefficient (Wildman–Crippen LogP) is 3.03. The van der Waals surface area contributed by atoms with Crippen LogP contribution in [0, 0.1) is 6.92 Å². The number of urea groups is 1. The minimum Gasteiger partial charge on any atom is -0.497 e. The van der Waals surface area contributed by atoms with Crippen molar-refractivity contribution in [3.05, 3.63) is 39.8 Å². The van der Waals surface area contributed by atoms with Crippen LogP contribution in [0.15, 0.2) is 23.6 Å². The van der Waals surface area contributed by atoms with Gasteiger partial charge < -0.3 is 20.1 Å². The Bertz CT molecular complexity index is 672. The molecule has 0 saturated carbocycles. The first-order chi connectivity index (χ1) is 11.0. The zero-order chi connectivity index (χ0) is 16.8. The van der Waals surface area contributed by atoms with Crippen LogP contribution in [0.1, 0.15) is 29.2 Å². The smallest absolute Gasteiger partial charge is 0.315 e. The van der Waals surface area contributed by atoms with E-state index < -0.39 is 0 Å². The van der Waals surface area contributed by atoms with Crippen molar-refractivity contribution in [1.82, 2.24) is 15.6 Å². The molecular weight excluding hydrogens is 314 g/mol. The quantitative estimate of drug-likeness (QED) is 0.851. The van der Waals surface area contributed by atoms with Gasteiger partial charge in [-0.1, -0.05) is 0 Å². The highest BCUT2D eigenvalue weighted by atomic mass is 32.1. The molecule has 0 saturated heterocycles. The van der Waals surface area contributed by atoms with Crippen LogP contribution in [-0.4, -0.2) is 25.2 Å². The van der Waals surface area contributed by atoms with E-state index in [4.69, 9.17) is 9.47 Å². The average molecular weight is 335 g/mol. The first-order valence-electron chi connectivity index (χ1n) is 7.20. The molecule has 0 aliphatic rings. The SMILES string of the molecule is COc1ccc(OC)c([C@H](C)NC(=O)NCc2csc(C)n2)c1. The number of nitrogens with zero attached hydrogens (tertiary/aromatic N) is 1. The molecule has 1 atom stereocenters. The second-order valence-electron chi connectivity index (χ2n) is 5.01. The number of hydrogen-bond acceptors (Lipinski definition) is 5. The maximum absolute atomic E-state index is 12.0. The normalized spacial score (nSPS) is 11.7. The van der Waals surface area contributed by atoms with E-state index in [1.165, 1.54) is 0 Å². The molecule has 1 heterocycles. The van der Waals surface area contributed by atoms with Gasteiger partial charge in [-0.15, -0.1) is 11.3 Å². The van der Waals surface area contributed by atoms with Gasteiger partial charge in [-0.2, -0.15) is 0 Å². The van der Waals surface area contributed by atoms with Crippen molar-refractivity contribution < 1.29 is 14.3 Å². The molecule has 0 aliphatic heterocycles. The third kappa shape index (κ3) is 4.59. The predicted molar refractivity (Wildman–Crippen MR) is 90.2 cm³/mol. The Morgan fingerprint density at radius 3 is 2.74 bits per heavy atom. The number of hydrogen-bond donors (Lipinski definition) is 2. The van der Waals surface area contributed by atoms with E-state index in [1.807, 2.05) is 37.4 Å². The minimum atomic E-state index is -0.256. The molecule has 0 unspecified atom stereocenters. The first-order valence-corrected chi connectivity index (χ1v) is 8.08. The van der Waals surface area contributed by atoms with E-state index in [9.17, 15) is 4.79 Å². The molecule has 23 heavy (non-hydrogen) atoms. The molecule has 1 aromatic carbocycles. The summed E-state index contributed by atoms with van der Waals surface area (Å²) in [6.07, 6.45) is 0. The summed E-state index contributed by atoms with van der Waals surface area (Å²) < 4.78 is 10.6. The summed E-state index contributed by atoms with van der Waals surface area (Å²) >= 11 is 1.56. The molecular formula is C16H21N3O3S. The van der Waals surface area contributed by atoms with E-state index in [2.05, 4.69) is 15.6 Å². The van der Waals surface area contributed by atoms with Gasteiger partial charge in [0, 0.05) is 10.9 Å². The molecule has 124 valence electrons. The van der Waals surface area contributed by atoms with Gasteiger partial charge in [0.25, 0.3) is 0 Å². The number of rotatable bonds is 6. The summed E-state index contributed by atoms with van der Waals surface area (Å²) in [4.78, 5) is 16.4. The number of amides is 2. The largest absolute Gasteiger partial charge is 0.497 e. The van der Waals surface area contributed by atoms with E-state index in [0.29, 0.717) is 18.0 Å². The third-order valence-electron chi connectivity index (χ3n) is 3.35. The molecule has 2 aromatic rings. The highest BCUT2D eigenvalue weighted by molar-refractivity contribution is 7.09. The fourth-order valence-corrected chi connectivity index (χ4v) is 2.78. The zero-order valence-electron chi connectivity index (χ0n) is 13.7. The minimum absolute atomic E-state index is 0.225. The lowest BCUT2D eigenvalue weighted by molar-refractivity contribution is 0.237. The Kier molecular flexibility index (Phi) is 5.81. The summed E-state index contributed by atoms with van der Waals surface area (Å²) in [7, 11) is 3.20. The van der Waals surface area contributed by atoms with Gasteiger partial charge in [0.15, 0.2) is 0 Å². The number of thiazole rings is 1. The van der Waals surface area contributed by atoms with Crippen molar-refractivity contribution in [1.29, 1.82) is 0 Å². The van der Waals surface area contributed by atoms with Crippen molar-refractivity contribution in [2.45, 2.75) is 26.4 Å². The van der Waals surface area contributed by atoms with E-state index in [-0.39, 0.29) is 12.1 Å². The van der Waals surface area contributed by atoms with Gasteiger partial charge in [0.05, 0.1) is 37.5 Å². The van der Waals surface area contributed by atoms with E-state index >= 15 is 0 Å². The lowest BCUT2D eigenvalue weighted by Crippen LogP contribution is -2.36. The third-order valence-corrected chi connectivity index (χ3v) is 4.17. The second kappa shape index (κ2) is 7.82. The van der Waals surface area contributed by atoms with Crippen molar-refractivity contribution in [2.75, 3.05) is 14.2 Å². The van der Waals surface area contributed by atoms with Crippen LogP contribution in [0.25, 0.3) is 0 Å². The lowest BCUT2D eigenvalue weighted by Gasteiger charge is -2.18. The molecule has 0 radical (unpaired) electrons. The molecule has 0 aliphatic carbocycles. The van der Waals surface area contributed by atoms with Gasteiger partial charge >= 0.3 is 6.03 Å². The van der Waals surface area contributed by atoms with Crippen LogP contribution in [-0.2, 0) is 6.54 Å². The molecule has 0 fully saturated rings. The number of aryl methyl sites for hydroxylation is 1. The Morgan fingerprint density at radius 2 is 2.13 bits per heavy atom. The molecule has 7 heteroatoms. The van der Waals surface area contributed by atoms with Crippen molar-refractivity contribution in [3.8, 4) is 11.5 Å². The molecule has 6 nitrogen and oxygen atoms in total. The van der Waals surface area contributed by atoms with Crippen LogP contribution in [0.3, 0.4) is 0 Å². The lowest BCUT2D eigenvalue weighted by atomic mass is 10.1. The number of nitrogens with one attached hydrogen (secondary N) is 2. The van der Waals surface area contributed by atoms with Gasteiger partial charge in [-0.25, -0.2) is 9.78 Å². The number of carbonyl (C=O) groups is 1. The maximum atomic E-state index is 12.0. The van der Waals surface area contributed by atoms with Crippen LogP contribution in [0.2, 0.25) is 0 Å². The number of aromatic nitrogens is 1. The zero-order valence-corrected chi connectivity index (χ0v) is 14.5. The van der Waals surface area contributed by atoms with Crippen LogP contribution in [0.5, 0.6) is 11.5 Å². The molecule has 0 spiro atoms. The topological polar surface area (TPSA) is 72.5 Å². The molecule has 1 aromatic heterocycles. The number of benzene rings is 1. The highest BCUT2D eigenvalue weighted by Gasteiger charge is 2.15. The summed E-state index contributed by atoms with van der Waals surface area (Å²) in [6.45, 7) is 4.23. The Hall–Kier alpha value is -2.28. The van der Waals surface area contributed by atoms with Crippen molar-refractivity contribution >= 4 is 17.4 Å². The Balaban J connectivity index is 1.97. The molecule has 2 N–H and O–H groups in total. The van der Waals surface area contributed by atoms with E-state index in [0.717, 1.165) is 16.3 Å². The standard InChI is InChI=1S/C16H21N3O3S/c1-10(14-7-13(21-3)5-6-15(14)22-4)18-16(20)17-8-12-9-23-11(2)19-12/h5-7,9-10H,8H2,1-4H3,(H2,17,18,20)/t10-/m0/s1. The second-order valence-corrected chi connectivity index (χ2v) is 6.08. The first kappa shape index (κ1) is 17.1. The number of ether oxygens (including phenoxy) is 2. The fourth-order valence-electron chi connectivity index (χ4n) is 2.16. The summed E-state index contributed by atoms with van der Waals surface area (Å²) in [5, 5.41) is 8.61. The van der Waals surface area contributed by atoms with Gasteiger partial charge in [-0.05, 0) is 32.0 Å². The maximum Gasteiger partial charge on any atom is 0.315 e. The summed E-state index contributed by atoms with van der Waals surface area (Å²) in [5.41, 5.74) is 1.71. The highest BCUT2D eigenvalue weighted by Crippen LogP contribution is 2.29. The number of methoxy groups -OCH3 is 2. The van der Waals surface area contributed by atoms with Crippen LogP contribution in [0.4, 0.5) is 4.79 Å². The molecule has 2 rings (SSSR count).